The number of rotatable bonds is 6. The number of nitrogens with zero attached hydrogens (tertiary/aromatic N) is 2. The van der Waals surface area contributed by atoms with Crippen molar-refractivity contribution >= 4 is 27.7 Å². The number of benzene rings is 2. The highest BCUT2D eigenvalue weighted by Crippen LogP contribution is 2.37. The van der Waals surface area contributed by atoms with E-state index in [9.17, 15) is 4.79 Å². The summed E-state index contributed by atoms with van der Waals surface area (Å²) in [6.45, 7) is 3.95. The lowest BCUT2D eigenvalue weighted by atomic mass is 10.1. The first-order valence-electron chi connectivity index (χ1n) is 8.68. The fraction of sp³-hybridized carbons (Fsp3) is 0.300. The second kappa shape index (κ2) is 8.52. The summed E-state index contributed by atoms with van der Waals surface area (Å²) in [4.78, 5) is 12.2. The molecule has 2 aromatic rings. The number of carbonyl (C=O) groups excluding carboxylic acids is 1. The van der Waals surface area contributed by atoms with E-state index in [2.05, 4.69) is 21.0 Å². The maximum atomic E-state index is 12.2. The SMILES string of the molecule is CCOc1ccc([C@@H]2OC(c3cc(Br)c(OC)cc3OC)=NN2C(C)=O)cc1. The summed E-state index contributed by atoms with van der Waals surface area (Å²) in [5, 5.41) is 5.69. The maximum Gasteiger partial charge on any atom is 0.244 e. The standard InChI is InChI=1S/C20H21BrN2O5/c1-5-27-14-8-6-13(7-9-14)20-23(12(2)24)22-19(28-20)15-10-16(21)18(26-4)11-17(15)25-3/h6-11,20H,5H2,1-4H3/t20-/m0/s1. The smallest absolute Gasteiger partial charge is 0.244 e. The number of hydrazone groups is 1. The molecular formula is C20H21BrN2O5. The van der Waals surface area contributed by atoms with E-state index in [-0.39, 0.29) is 11.8 Å². The highest BCUT2D eigenvalue weighted by Gasteiger charge is 2.34. The van der Waals surface area contributed by atoms with Crippen LogP contribution in [0.4, 0.5) is 0 Å². The quantitative estimate of drug-likeness (QED) is 0.664. The van der Waals surface area contributed by atoms with Crippen LogP contribution in [-0.2, 0) is 9.53 Å². The zero-order valence-corrected chi connectivity index (χ0v) is 17.6. The molecule has 0 aliphatic carbocycles. The van der Waals surface area contributed by atoms with Gasteiger partial charge in [-0.25, -0.2) is 0 Å². The molecule has 3 rings (SSSR count). The Bertz CT molecular complexity index is 898. The second-order valence-electron chi connectivity index (χ2n) is 5.93. The molecule has 1 aliphatic heterocycles. The molecule has 1 heterocycles. The molecule has 1 aliphatic rings. The number of methoxy groups -OCH3 is 2. The van der Waals surface area contributed by atoms with E-state index < -0.39 is 6.23 Å². The Morgan fingerprint density at radius 2 is 1.86 bits per heavy atom. The summed E-state index contributed by atoms with van der Waals surface area (Å²) < 4.78 is 23.0. The van der Waals surface area contributed by atoms with Gasteiger partial charge in [-0.05, 0) is 53.2 Å². The topological polar surface area (TPSA) is 69.6 Å². The average Bonchev–Trinajstić information content (AvgIpc) is 3.14. The lowest BCUT2D eigenvalue weighted by molar-refractivity contribution is -0.135. The summed E-state index contributed by atoms with van der Waals surface area (Å²) in [5.74, 6) is 1.94. The van der Waals surface area contributed by atoms with Crippen LogP contribution in [0.25, 0.3) is 0 Å². The first-order chi connectivity index (χ1) is 13.5. The van der Waals surface area contributed by atoms with Crippen LogP contribution in [0.1, 0.15) is 31.2 Å². The van der Waals surface area contributed by atoms with Crippen molar-refractivity contribution in [3.05, 3.63) is 52.0 Å². The molecule has 0 fully saturated rings. The fourth-order valence-corrected chi connectivity index (χ4v) is 3.32. The summed E-state index contributed by atoms with van der Waals surface area (Å²) in [6.07, 6.45) is -0.672. The number of carbonyl (C=O) groups is 1. The summed E-state index contributed by atoms with van der Waals surface area (Å²) in [5.41, 5.74) is 1.39. The van der Waals surface area contributed by atoms with Gasteiger partial charge in [-0.3, -0.25) is 4.79 Å². The molecule has 0 bridgehead atoms. The van der Waals surface area contributed by atoms with Gasteiger partial charge in [-0.1, -0.05) is 0 Å². The second-order valence-corrected chi connectivity index (χ2v) is 6.78. The number of hydrogen-bond donors (Lipinski definition) is 0. The van der Waals surface area contributed by atoms with Gasteiger partial charge < -0.3 is 18.9 Å². The first kappa shape index (κ1) is 20.0. The van der Waals surface area contributed by atoms with Crippen molar-refractivity contribution in [1.29, 1.82) is 0 Å². The summed E-state index contributed by atoms with van der Waals surface area (Å²) in [7, 11) is 3.12. The van der Waals surface area contributed by atoms with Gasteiger partial charge >= 0.3 is 0 Å². The van der Waals surface area contributed by atoms with E-state index in [1.165, 1.54) is 11.9 Å². The third-order valence-corrected chi connectivity index (χ3v) is 4.77. The van der Waals surface area contributed by atoms with Gasteiger partial charge in [0.2, 0.25) is 18.0 Å². The van der Waals surface area contributed by atoms with Gasteiger partial charge in [0.25, 0.3) is 0 Å². The van der Waals surface area contributed by atoms with Gasteiger partial charge in [-0.15, -0.1) is 5.10 Å². The Balaban J connectivity index is 1.95. The molecule has 1 amide bonds. The van der Waals surface area contributed by atoms with Crippen LogP contribution in [0, 0.1) is 0 Å². The minimum atomic E-state index is -0.672. The maximum absolute atomic E-state index is 12.2. The third kappa shape index (κ3) is 3.91. The lowest BCUT2D eigenvalue weighted by Crippen LogP contribution is -2.25. The van der Waals surface area contributed by atoms with Gasteiger partial charge in [-0.2, -0.15) is 5.01 Å². The van der Waals surface area contributed by atoms with Crippen LogP contribution >= 0.6 is 15.9 Å². The highest BCUT2D eigenvalue weighted by atomic mass is 79.9. The Morgan fingerprint density at radius 1 is 1.18 bits per heavy atom. The van der Waals surface area contributed by atoms with Crippen LogP contribution in [-0.4, -0.2) is 37.6 Å². The van der Waals surface area contributed by atoms with Gasteiger partial charge in [0.15, 0.2) is 0 Å². The van der Waals surface area contributed by atoms with Crippen LogP contribution in [0.15, 0.2) is 46.0 Å². The number of hydrogen-bond acceptors (Lipinski definition) is 6. The molecule has 0 N–H and O–H groups in total. The van der Waals surface area contributed by atoms with E-state index >= 15 is 0 Å². The predicted molar refractivity (Wildman–Crippen MR) is 108 cm³/mol. The number of amides is 1. The number of ether oxygens (including phenoxy) is 4. The van der Waals surface area contributed by atoms with E-state index in [1.54, 1.807) is 26.4 Å². The predicted octanol–water partition coefficient (Wildman–Crippen LogP) is 4.10. The molecule has 0 aromatic heterocycles. The Hall–Kier alpha value is -2.74. The minimum Gasteiger partial charge on any atom is -0.496 e. The minimum absolute atomic E-state index is 0.236. The normalized spacial score (nSPS) is 15.7. The van der Waals surface area contributed by atoms with Crippen molar-refractivity contribution in [1.82, 2.24) is 5.01 Å². The monoisotopic (exact) mass is 448 g/mol. The van der Waals surface area contributed by atoms with Crippen LogP contribution in [0.2, 0.25) is 0 Å². The Kier molecular flexibility index (Phi) is 6.08. The van der Waals surface area contributed by atoms with Gasteiger partial charge in [0.05, 0.1) is 30.9 Å². The zero-order chi connectivity index (χ0) is 20.3. The van der Waals surface area contributed by atoms with Gasteiger partial charge in [0, 0.05) is 18.6 Å². The van der Waals surface area contributed by atoms with Gasteiger partial charge in [0.1, 0.15) is 17.2 Å². The van der Waals surface area contributed by atoms with Crippen molar-refractivity contribution in [3.8, 4) is 17.2 Å². The molecule has 0 unspecified atom stereocenters. The molecule has 2 aromatic carbocycles. The van der Waals surface area contributed by atoms with E-state index in [1.807, 2.05) is 31.2 Å². The van der Waals surface area contributed by atoms with Crippen molar-refractivity contribution < 1.29 is 23.7 Å². The van der Waals surface area contributed by atoms with Crippen molar-refractivity contribution in [3.63, 3.8) is 0 Å². The zero-order valence-electron chi connectivity index (χ0n) is 16.1. The third-order valence-electron chi connectivity index (χ3n) is 4.15. The van der Waals surface area contributed by atoms with Crippen LogP contribution in [0.3, 0.4) is 0 Å². The highest BCUT2D eigenvalue weighted by molar-refractivity contribution is 9.10. The van der Waals surface area contributed by atoms with Crippen LogP contribution < -0.4 is 14.2 Å². The van der Waals surface area contributed by atoms with Crippen LogP contribution in [0.5, 0.6) is 17.2 Å². The molecule has 28 heavy (non-hydrogen) atoms. The molecule has 1 atom stereocenters. The molecule has 0 radical (unpaired) electrons. The summed E-state index contributed by atoms with van der Waals surface area (Å²) in [6, 6.07) is 10.9. The van der Waals surface area contributed by atoms with Crippen molar-refractivity contribution in [2.45, 2.75) is 20.1 Å². The van der Waals surface area contributed by atoms with E-state index in [4.69, 9.17) is 18.9 Å². The largest absolute Gasteiger partial charge is 0.496 e. The molecule has 8 heteroatoms. The molecule has 0 saturated carbocycles. The molecule has 0 saturated heterocycles. The molecule has 7 nitrogen and oxygen atoms in total. The molecule has 148 valence electrons. The Labute approximate surface area is 172 Å². The molecular weight excluding hydrogens is 428 g/mol. The fourth-order valence-electron chi connectivity index (χ4n) is 2.81. The van der Waals surface area contributed by atoms with Crippen molar-refractivity contribution in [2.24, 2.45) is 5.10 Å². The van der Waals surface area contributed by atoms with E-state index in [0.29, 0.717) is 23.7 Å². The Morgan fingerprint density at radius 3 is 2.43 bits per heavy atom. The average molecular weight is 449 g/mol. The number of halogens is 1. The lowest BCUT2D eigenvalue weighted by Gasteiger charge is -2.19. The summed E-state index contributed by atoms with van der Waals surface area (Å²) >= 11 is 3.46. The van der Waals surface area contributed by atoms with E-state index in [0.717, 1.165) is 15.8 Å². The first-order valence-corrected chi connectivity index (χ1v) is 9.47. The molecule has 0 spiro atoms. The van der Waals surface area contributed by atoms with Crippen molar-refractivity contribution in [2.75, 3.05) is 20.8 Å².